The number of nitrogens with zero attached hydrogens (tertiary/aromatic N) is 1. The van der Waals surface area contributed by atoms with Gasteiger partial charge in [-0.3, -0.25) is 0 Å². The molecular formula is C16H24N2S. The van der Waals surface area contributed by atoms with Crippen molar-refractivity contribution in [2.24, 2.45) is 0 Å². The van der Waals surface area contributed by atoms with Crippen molar-refractivity contribution >= 4 is 11.8 Å². The Bertz CT molecular complexity index is 376. The number of benzene rings is 1. The van der Waals surface area contributed by atoms with E-state index in [1.54, 1.807) is 0 Å². The van der Waals surface area contributed by atoms with E-state index >= 15 is 0 Å². The second-order valence-corrected chi connectivity index (χ2v) is 7.00. The first kappa shape index (κ1) is 13.5. The number of hydrogen-bond acceptors (Lipinski definition) is 3. The van der Waals surface area contributed by atoms with Gasteiger partial charge in [-0.25, -0.2) is 0 Å². The van der Waals surface area contributed by atoms with E-state index in [4.69, 9.17) is 0 Å². The van der Waals surface area contributed by atoms with E-state index in [1.165, 1.54) is 62.3 Å². The Morgan fingerprint density at radius 3 is 2.89 bits per heavy atom. The Balaban J connectivity index is 1.29. The molecule has 2 nitrogen and oxygen atoms in total. The number of nitrogens with one attached hydrogen (secondary N) is 1. The predicted octanol–water partition coefficient (Wildman–Crippen LogP) is 2.78. The molecule has 2 aliphatic heterocycles. The van der Waals surface area contributed by atoms with Crippen LogP contribution in [-0.2, 0) is 6.42 Å². The van der Waals surface area contributed by atoms with Crippen LogP contribution in [0.1, 0.15) is 24.8 Å². The average Bonchev–Trinajstić information content (AvgIpc) is 3.06. The third-order valence-electron chi connectivity index (χ3n) is 4.11. The Hall–Kier alpha value is -0.510. The van der Waals surface area contributed by atoms with Gasteiger partial charge < -0.3 is 10.2 Å². The third-order valence-corrected chi connectivity index (χ3v) is 5.43. The lowest BCUT2D eigenvalue weighted by molar-refractivity contribution is 0.331. The highest BCUT2D eigenvalue weighted by molar-refractivity contribution is 8.00. The first-order valence-corrected chi connectivity index (χ1v) is 8.47. The van der Waals surface area contributed by atoms with Gasteiger partial charge >= 0.3 is 0 Å². The lowest BCUT2D eigenvalue weighted by Crippen LogP contribution is -2.28. The molecule has 2 aliphatic rings. The van der Waals surface area contributed by atoms with Gasteiger partial charge in [0.2, 0.25) is 0 Å². The molecule has 1 atom stereocenters. The highest BCUT2D eigenvalue weighted by atomic mass is 32.2. The molecule has 104 valence electrons. The molecule has 0 saturated carbocycles. The van der Waals surface area contributed by atoms with Crippen molar-refractivity contribution in [3.63, 3.8) is 0 Å². The van der Waals surface area contributed by atoms with Gasteiger partial charge in [0, 0.05) is 16.7 Å². The lowest BCUT2D eigenvalue weighted by Gasteiger charge is -2.15. The van der Waals surface area contributed by atoms with Crippen LogP contribution in [0, 0.1) is 0 Å². The van der Waals surface area contributed by atoms with Gasteiger partial charge in [-0.2, -0.15) is 0 Å². The molecule has 19 heavy (non-hydrogen) atoms. The molecule has 1 aromatic rings. The van der Waals surface area contributed by atoms with Crippen LogP contribution in [-0.4, -0.2) is 42.9 Å². The Kier molecular flexibility index (Phi) is 4.81. The van der Waals surface area contributed by atoms with Gasteiger partial charge in [0.15, 0.2) is 0 Å². The highest BCUT2D eigenvalue weighted by Crippen LogP contribution is 2.36. The molecule has 3 rings (SSSR count). The smallest absolute Gasteiger partial charge is 0.0260 e. The van der Waals surface area contributed by atoms with Crippen molar-refractivity contribution in [2.45, 2.75) is 35.8 Å². The van der Waals surface area contributed by atoms with Gasteiger partial charge in [0.1, 0.15) is 0 Å². The third kappa shape index (κ3) is 3.74. The fourth-order valence-electron chi connectivity index (χ4n) is 3.06. The van der Waals surface area contributed by atoms with Crippen LogP contribution in [0.2, 0.25) is 0 Å². The molecule has 0 spiro atoms. The molecule has 0 bridgehead atoms. The van der Waals surface area contributed by atoms with E-state index in [0.717, 1.165) is 11.8 Å². The van der Waals surface area contributed by atoms with E-state index in [9.17, 15) is 0 Å². The summed E-state index contributed by atoms with van der Waals surface area (Å²) >= 11 is 2.05. The molecule has 0 aromatic heterocycles. The van der Waals surface area contributed by atoms with Crippen LogP contribution in [0.3, 0.4) is 0 Å². The molecular weight excluding hydrogens is 252 g/mol. The maximum absolute atomic E-state index is 3.64. The monoisotopic (exact) mass is 276 g/mol. The SMILES string of the molecule is c1ccc2c(c1)CC(CNCCCN1CCCC1)S2. The summed E-state index contributed by atoms with van der Waals surface area (Å²) in [6, 6.07) is 8.84. The van der Waals surface area contributed by atoms with Crippen molar-refractivity contribution in [1.29, 1.82) is 0 Å². The van der Waals surface area contributed by atoms with Crippen LogP contribution in [0.4, 0.5) is 0 Å². The minimum Gasteiger partial charge on any atom is -0.316 e. The fourth-order valence-corrected chi connectivity index (χ4v) is 4.35. The summed E-state index contributed by atoms with van der Waals surface area (Å²) in [4.78, 5) is 4.09. The Morgan fingerprint density at radius 2 is 2.05 bits per heavy atom. The molecule has 2 heterocycles. The van der Waals surface area contributed by atoms with Crippen molar-refractivity contribution in [3.8, 4) is 0 Å². The first-order valence-electron chi connectivity index (χ1n) is 7.59. The Morgan fingerprint density at radius 1 is 1.21 bits per heavy atom. The molecule has 0 amide bonds. The van der Waals surface area contributed by atoms with E-state index in [-0.39, 0.29) is 0 Å². The van der Waals surface area contributed by atoms with E-state index in [0.29, 0.717) is 0 Å². The van der Waals surface area contributed by atoms with Crippen LogP contribution in [0.5, 0.6) is 0 Å². The van der Waals surface area contributed by atoms with Crippen molar-refractivity contribution in [2.75, 3.05) is 32.7 Å². The molecule has 1 unspecified atom stereocenters. The number of fused-ring (bicyclic) bond motifs is 1. The minimum atomic E-state index is 0.740. The largest absolute Gasteiger partial charge is 0.316 e. The van der Waals surface area contributed by atoms with Gasteiger partial charge in [-0.1, -0.05) is 18.2 Å². The summed E-state index contributed by atoms with van der Waals surface area (Å²) in [7, 11) is 0. The molecule has 1 fully saturated rings. The summed E-state index contributed by atoms with van der Waals surface area (Å²) in [6.07, 6.45) is 5.35. The van der Waals surface area contributed by atoms with Crippen LogP contribution >= 0.6 is 11.8 Å². The fraction of sp³-hybridized carbons (Fsp3) is 0.625. The van der Waals surface area contributed by atoms with Crippen LogP contribution in [0.25, 0.3) is 0 Å². The Labute approximate surface area is 121 Å². The average molecular weight is 276 g/mol. The quantitative estimate of drug-likeness (QED) is 0.804. The van der Waals surface area contributed by atoms with Crippen molar-refractivity contribution in [1.82, 2.24) is 10.2 Å². The van der Waals surface area contributed by atoms with Gasteiger partial charge in [0.05, 0.1) is 0 Å². The topological polar surface area (TPSA) is 15.3 Å². The second kappa shape index (κ2) is 6.78. The zero-order chi connectivity index (χ0) is 12.9. The van der Waals surface area contributed by atoms with Gasteiger partial charge in [0.25, 0.3) is 0 Å². The van der Waals surface area contributed by atoms with Crippen LogP contribution in [0.15, 0.2) is 29.2 Å². The second-order valence-electron chi connectivity index (χ2n) is 5.66. The van der Waals surface area contributed by atoms with Crippen molar-refractivity contribution in [3.05, 3.63) is 29.8 Å². The number of thioether (sulfide) groups is 1. The van der Waals surface area contributed by atoms with E-state index < -0.39 is 0 Å². The predicted molar refractivity (Wildman–Crippen MR) is 83.0 cm³/mol. The maximum Gasteiger partial charge on any atom is 0.0260 e. The maximum atomic E-state index is 3.64. The van der Waals surface area contributed by atoms with Crippen LogP contribution < -0.4 is 5.32 Å². The molecule has 0 radical (unpaired) electrons. The summed E-state index contributed by atoms with van der Waals surface area (Å²) in [5.74, 6) is 0. The number of hydrogen-bond donors (Lipinski definition) is 1. The van der Waals surface area contributed by atoms with Gasteiger partial charge in [-0.05, 0) is 63.5 Å². The summed E-state index contributed by atoms with van der Waals surface area (Å²) in [5, 5.41) is 4.38. The number of rotatable bonds is 6. The number of likely N-dealkylation sites (tertiary alicyclic amines) is 1. The normalized spacial score (nSPS) is 22.8. The molecule has 0 aliphatic carbocycles. The summed E-state index contributed by atoms with van der Waals surface area (Å²) in [6.45, 7) is 6.26. The zero-order valence-electron chi connectivity index (χ0n) is 11.6. The molecule has 1 N–H and O–H groups in total. The minimum absolute atomic E-state index is 0.740. The molecule has 1 aromatic carbocycles. The summed E-state index contributed by atoms with van der Waals surface area (Å²) < 4.78 is 0. The van der Waals surface area contributed by atoms with Gasteiger partial charge in [-0.15, -0.1) is 11.8 Å². The molecule has 3 heteroatoms. The van der Waals surface area contributed by atoms with Crippen molar-refractivity contribution < 1.29 is 0 Å². The zero-order valence-corrected chi connectivity index (χ0v) is 12.4. The van der Waals surface area contributed by atoms with E-state index in [2.05, 4.69) is 34.5 Å². The first-order chi connectivity index (χ1) is 9.42. The molecule has 1 saturated heterocycles. The highest BCUT2D eigenvalue weighted by Gasteiger charge is 2.20. The summed E-state index contributed by atoms with van der Waals surface area (Å²) in [5.41, 5.74) is 1.54. The van der Waals surface area contributed by atoms with E-state index in [1.807, 2.05) is 11.8 Å². The lowest BCUT2D eigenvalue weighted by atomic mass is 10.1. The standard InChI is InChI=1S/C16H24N2S/c1-2-7-16-14(6-1)12-15(19-16)13-17-8-5-11-18-9-3-4-10-18/h1-2,6-7,15,17H,3-5,8-13H2.